The number of aryl methyl sites for hydroxylation is 1. The molecule has 2 heterocycles. The average Bonchev–Trinajstić information content (AvgIpc) is 3.05. The van der Waals surface area contributed by atoms with E-state index in [1.165, 1.54) is 0 Å². The van der Waals surface area contributed by atoms with Gasteiger partial charge in [0.05, 0.1) is 11.8 Å². The third kappa shape index (κ3) is 3.49. The summed E-state index contributed by atoms with van der Waals surface area (Å²) in [5, 5.41) is 12.1. The first-order valence-corrected chi connectivity index (χ1v) is 8.98. The number of pyridine rings is 1. The highest BCUT2D eigenvalue weighted by molar-refractivity contribution is 5.95. The van der Waals surface area contributed by atoms with Gasteiger partial charge in [0.25, 0.3) is 5.91 Å². The zero-order chi connectivity index (χ0) is 18.9. The molecule has 0 aliphatic heterocycles. The third-order valence-electron chi connectivity index (χ3n) is 4.91. The van der Waals surface area contributed by atoms with Gasteiger partial charge in [-0.2, -0.15) is 5.26 Å². The fourth-order valence-electron chi connectivity index (χ4n) is 3.19. The SMILES string of the molecule is Cc1ccc2nc(COc3cccc(C(=O)NC4(C#N)CCC4)c3)cn2c1. The van der Waals surface area contributed by atoms with Crippen LogP contribution in [-0.4, -0.2) is 20.8 Å². The quantitative estimate of drug-likeness (QED) is 0.756. The number of rotatable bonds is 5. The number of carbonyl (C=O) groups excluding carboxylic acids is 1. The first-order valence-electron chi connectivity index (χ1n) is 8.98. The molecule has 0 spiro atoms. The first kappa shape index (κ1) is 17.1. The van der Waals surface area contributed by atoms with Gasteiger partial charge in [-0.25, -0.2) is 4.98 Å². The molecular weight excluding hydrogens is 340 g/mol. The van der Waals surface area contributed by atoms with Gasteiger partial charge in [-0.1, -0.05) is 12.1 Å². The maximum atomic E-state index is 12.5. The Hall–Kier alpha value is -3.33. The lowest BCUT2D eigenvalue weighted by Crippen LogP contribution is -2.52. The van der Waals surface area contributed by atoms with Gasteiger partial charge in [0, 0.05) is 18.0 Å². The summed E-state index contributed by atoms with van der Waals surface area (Å²) < 4.78 is 7.79. The molecule has 0 bridgehead atoms. The van der Waals surface area contributed by atoms with E-state index in [0.29, 0.717) is 30.8 Å². The van der Waals surface area contributed by atoms with Crippen LogP contribution in [0.1, 0.15) is 40.9 Å². The van der Waals surface area contributed by atoms with Crippen molar-refractivity contribution >= 4 is 11.6 Å². The van der Waals surface area contributed by atoms with Gasteiger partial charge in [-0.15, -0.1) is 0 Å². The molecule has 1 fully saturated rings. The first-order chi connectivity index (χ1) is 13.1. The van der Waals surface area contributed by atoms with Crippen LogP contribution >= 0.6 is 0 Å². The van der Waals surface area contributed by atoms with Crippen LogP contribution in [0.25, 0.3) is 5.65 Å². The summed E-state index contributed by atoms with van der Waals surface area (Å²) in [4.78, 5) is 17.0. The molecule has 1 amide bonds. The number of carbonyl (C=O) groups is 1. The van der Waals surface area contributed by atoms with Crippen molar-refractivity contribution in [3.63, 3.8) is 0 Å². The second-order valence-electron chi connectivity index (χ2n) is 7.02. The van der Waals surface area contributed by atoms with Crippen LogP contribution in [0.2, 0.25) is 0 Å². The molecule has 1 saturated carbocycles. The van der Waals surface area contributed by atoms with Crippen LogP contribution in [-0.2, 0) is 6.61 Å². The van der Waals surface area contributed by atoms with Crippen molar-refractivity contribution in [2.24, 2.45) is 0 Å². The summed E-state index contributed by atoms with van der Waals surface area (Å²) in [5.41, 5.74) is 2.62. The smallest absolute Gasteiger partial charge is 0.252 e. The molecule has 27 heavy (non-hydrogen) atoms. The van der Waals surface area contributed by atoms with Gasteiger partial charge in [-0.3, -0.25) is 4.79 Å². The van der Waals surface area contributed by atoms with Gasteiger partial charge in [-0.05, 0) is 56.0 Å². The van der Waals surface area contributed by atoms with E-state index in [0.717, 1.165) is 23.3 Å². The van der Waals surface area contributed by atoms with Gasteiger partial charge in [0.1, 0.15) is 23.5 Å². The van der Waals surface area contributed by atoms with Gasteiger partial charge in [0.2, 0.25) is 0 Å². The number of hydrogen-bond donors (Lipinski definition) is 1. The molecular formula is C21H20N4O2. The molecule has 1 aromatic carbocycles. The second-order valence-corrected chi connectivity index (χ2v) is 7.02. The molecule has 1 aliphatic carbocycles. The summed E-state index contributed by atoms with van der Waals surface area (Å²) >= 11 is 0. The zero-order valence-corrected chi connectivity index (χ0v) is 15.1. The molecule has 3 aromatic rings. The Labute approximate surface area is 157 Å². The van der Waals surface area contributed by atoms with Crippen molar-refractivity contribution in [3.8, 4) is 11.8 Å². The molecule has 0 radical (unpaired) electrons. The largest absolute Gasteiger partial charge is 0.487 e. The predicted molar refractivity (Wildman–Crippen MR) is 100 cm³/mol. The Morgan fingerprint density at radius 2 is 2.19 bits per heavy atom. The highest BCUT2D eigenvalue weighted by Crippen LogP contribution is 2.31. The number of fused-ring (bicyclic) bond motifs is 1. The van der Waals surface area contributed by atoms with Crippen molar-refractivity contribution in [2.75, 3.05) is 0 Å². The Morgan fingerprint density at radius 1 is 1.33 bits per heavy atom. The number of nitrogens with one attached hydrogen (secondary N) is 1. The lowest BCUT2D eigenvalue weighted by Gasteiger charge is -2.35. The lowest BCUT2D eigenvalue weighted by atomic mass is 9.78. The summed E-state index contributed by atoms with van der Waals surface area (Å²) in [7, 11) is 0. The third-order valence-corrected chi connectivity index (χ3v) is 4.91. The van der Waals surface area contributed by atoms with Crippen LogP contribution in [0, 0.1) is 18.3 Å². The summed E-state index contributed by atoms with van der Waals surface area (Å²) in [6, 6.07) is 13.2. The highest BCUT2D eigenvalue weighted by Gasteiger charge is 2.38. The number of imidazole rings is 1. The Kier molecular flexibility index (Phi) is 4.28. The van der Waals surface area contributed by atoms with Gasteiger partial charge >= 0.3 is 0 Å². The standard InChI is InChI=1S/C21H20N4O2/c1-15-6-7-19-23-17(12-25(19)11-15)13-27-18-5-2-4-16(10-18)20(26)24-21(14-22)8-3-9-21/h2,4-7,10-12H,3,8-9,13H2,1H3,(H,24,26). The molecule has 136 valence electrons. The summed E-state index contributed by atoms with van der Waals surface area (Å²) in [5.74, 6) is 0.348. The minimum Gasteiger partial charge on any atom is -0.487 e. The van der Waals surface area contributed by atoms with Crippen molar-refractivity contribution in [3.05, 3.63) is 65.6 Å². The Bertz CT molecular complexity index is 1040. The van der Waals surface area contributed by atoms with Crippen LogP contribution in [0.3, 0.4) is 0 Å². The second kappa shape index (κ2) is 6.76. The van der Waals surface area contributed by atoms with E-state index in [2.05, 4.69) is 16.4 Å². The molecule has 1 N–H and O–H groups in total. The normalized spacial score (nSPS) is 15.0. The molecule has 0 atom stereocenters. The van der Waals surface area contributed by atoms with Crippen molar-refractivity contribution in [1.82, 2.24) is 14.7 Å². The Morgan fingerprint density at radius 3 is 2.93 bits per heavy atom. The van der Waals surface area contributed by atoms with E-state index in [1.807, 2.05) is 35.9 Å². The maximum Gasteiger partial charge on any atom is 0.252 e. The molecule has 1 aliphatic rings. The van der Waals surface area contributed by atoms with Gasteiger partial charge in [0.15, 0.2) is 0 Å². The topological polar surface area (TPSA) is 79.4 Å². The van der Waals surface area contributed by atoms with E-state index in [-0.39, 0.29) is 5.91 Å². The number of nitriles is 1. The molecule has 6 heteroatoms. The number of hydrogen-bond acceptors (Lipinski definition) is 4. The van der Waals surface area contributed by atoms with Crippen molar-refractivity contribution < 1.29 is 9.53 Å². The summed E-state index contributed by atoms with van der Waals surface area (Å²) in [6.45, 7) is 2.35. The van der Waals surface area contributed by atoms with E-state index in [4.69, 9.17) is 4.74 Å². The van der Waals surface area contributed by atoms with Gasteiger partial charge < -0.3 is 14.5 Å². The minimum absolute atomic E-state index is 0.245. The summed E-state index contributed by atoms with van der Waals surface area (Å²) in [6.07, 6.45) is 6.33. The van der Waals surface area contributed by atoms with Crippen molar-refractivity contribution in [2.45, 2.75) is 38.3 Å². The fraction of sp³-hybridized carbons (Fsp3) is 0.286. The number of benzene rings is 1. The predicted octanol–water partition coefficient (Wildman–Crippen LogP) is 3.40. The van der Waals surface area contributed by atoms with Crippen LogP contribution in [0.5, 0.6) is 5.75 Å². The van der Waals surface area contributed by atoms with E-state index in [9.17, 15) is 10.1 Å². The fourth-order valence-corrected chi connectivity index (χ4v) is 3.19. The van der Waals surface area contributed by atoms with Crippen LogP contribution in [0.15, 0.2) is 48.8 Å². The molecule has 0 unspecified atom stereocenters. The number of aromatic nitrogens is 2. The number of nitrogens with zero attached hydrogens (tertiary/aromatic N) is 3. The minimum atomic E-state index is -0.706. The zero-order valence-electron chi connectivity index (χ0n) is 15.1. The number of amides is 1. The molecule has 2 aromatic heterocycles. The Balaban J connectivity index is 1.44. The molecule has 4 rings (SSSR count). The lowest BCUT2D eigenvalue weighted by molar-refractivity contribution is 0.0881. The highest BCUT2D eigenvalue weighted by atomic mass is 16.5. The van der Waals surface area contributed by atoms with Crippen LogP contribution in [0.4, 0.5) is 0 Å². The van der Waals surface area contributed by atoms with E-state index in [1.54, 1.807) is 24.3 Å². The maximum absolute atomic E-state index is 12.5. The molecule has 0 saturated heterocycles. The van der Waals surface area contributed by atoms with E-state index < -0.39 is 5.54 Å². The van der Waals surface area contributed by atoms with Crippen LogP contribution < -0.4 is 10.1 Å². The molecule has 6 nitrogen and oxygen atoms in total. The van der Waals surface area contributed by atoms with E-state index >= 15 is 0 Å². The monoisotopic (exact) mass is 360 g/mol. The number of ether oxygens (including phenoxy) is 1. The van der Waals surface area contributed by atoms with Crippen molar-refractivity contribution in [1.29, 1.82) is 5.26 Å². The average molecular weight is 360 g/mol.